The van der Waals surface area contributed by atoms with E-state index in [0.717, 1.165) is 46.2 Å². The minimum Gasteiger partial charge on any atom is -0.490 e. The van der Waals surface area contributed by atoms with E-state index in [1.54, 1.807) is 0 Å². The molecule has 2 heterocycles. The average molecular weight is 394 g/mol. The third-order valence-corrected chi connectivity index (χ3v) is 4.80. The molecule has 8 heteroatoms. The first-order valence-electron chi connectivity index (χ1n) is 8.33. The topological polar surface area (TPSA) is 74.1 Å². The van der Waals surface area contributed by atoms with Crippen molar-refractivity contribution in [3.05, 3.63) is 28.0 Å². The number of hydrogen-bond donors (Lipinski definition) is 1. The predicted octanol–water partition coefficient (Wildman–Crippen LogP) is 2.30. The number of fused-ring (bicyclic) bond motifs is 1. The monoisotopic (exact) mass is 393 g/mol. The Morgan fingerprint density at radius 2 is 2.08 bits per heavy atom. The van der Waals surface area contributed by atoms with Gasteiger partial charge in [-0.2, -0.15) is 0 Å². The van der Waals surface area contributed by atoms with Crippen molar-refractivity contribution in [1.29, 1.82) is 0 Å². The molecule has 24 heavy (non-hydrogen) atoms. The van der Waals surface area contributed by atoms with Crippen molar-refractivity contribution in [2.75, 3.05) is 13.2 Å². The fourth-order valence-corrected chi connectivity index (χ4v) is 3.35. The van der Waals surface area contributed by atoms with Gasteiger partial charge in [-0.3, -0.25) is 0 Å². The van der Waals surface area contributed by atoms with Gasteiger partial charge in [-0.05, 0) is 62.8 Å². The van der Waals surface area contributed by atoms with Gasteiger partial charge in [-0.1, -0.05) is 0 Å². The molecule has 1 aliphatic heterocycles. The smallest absolute Gasteiger partial charge is 0.175 e. The highest BCUT2D eigenvalue weighted by Gasteiger charge is 2.23. The van der Waals surface area contributed by atoms with E-state index < -0.39 is 0 Å². The number of ether oxygens (including phenoxy) is 2. The zero-order valence-corrected chi connectivity index (χ0v) is 15.0. The van der Waals surface area contributed by atoms with Crippen LogP contribution in [0, 0.1) is 5.92 Å². The van der Waals surface area contributed by atoms with Gasteiger partial charge in [0, 0.05) is 19.5 Å². The minimum absolute atomic E-state index is 0.645. The van der Waals surface area contributed by atoms with Gasteiger partial charge in [0.05, 0.1) is 24.2 Å². The molecule has 2 aromatic rings. The van der Waals surface area contributed by atoms with Crippen molar-refractivity contribution in [2.24, 2.45) is 5.92 Å². The lowest BCUT2D eigenvalue weighted by molar-refractivity contribution is 0.296. The third-order valence-electron chi connectivity index (χ3n) is 4.21. The normalized spacial score (nSPS) is 16.9. The second-order valence-corrected chi connectivity index (χ2v) is 7.13. The van der Waals surface area contributed by atoms with E-state index in [4.69, 9.17) is 9.47 Å². The molecule has 0 unspecified atom stereocenters. The van der Waals surface area contributed by atoms with Gasteiger partial charge < -0.3 is 14.8 Å². The number of hydrogen-bond acceptors (Lipinski definition) is 6. The molecule has 0 amide bonds. The van der Waals surface area contributed by atoms with Crippen LogP contribution in [0.15, 0.2) is 16.6 Å². The summed E-state index contributed by atoms with van der Waals surface area (Å²) in [5.41, 5.74) is 1.13. The summed E-state index contributed by atoms with van der Waals surface area (Å²) in [6.45, 7) is 3.66. The van der Waals surface area contributed by atoms with Crippen LogP contribution < -0.4 is 14.8 Å². The van der Waals surface area contributed by atoms with Gasteiger partial charge >= 0.3 is 0 Å². The Morgan fingerprint density at radius 1 is 1.21 bits per heavy atom. The van der Waals surface area contributed by atoms with Crippen molar-refractivity contribution in [3.63, 3.8) is 0 Å². The van der Waals surface area contributed by atoms with E-state index in [9.17, 15) is 0 Å². The Kier molecular flexibility index (Phi) is 4.66. The lowest BCUT2D eigenvalue weighted by Crippen LogP contribution is -2.18. The van der Waals surface area contributed by atoms with Crippen LogP contribution in [-0.4, -0.2) is 33.4 Å². The molecule has 1 N–H and O–H groups in total. The summed E-state index contributed by atoms with van der Waals surface area (Å²) < 4.78 is 14.3. The maximum Gasteiger partial charge on any atom is 0.175 e. The second-order valence-electron chi connectivity index (χ2n) is 6.28. The van der Waals surface area contributed by atoms with Crippen LogP contribution in [0.1, 0.15) is 30.7 Å². The quantitative estimate of drug-likeness (QED) is 0.811. The number of nitrogens with one attached hydrogen (secondary N) is 1. The predicted molar refractivity (Wildman–Crippen MR) is 90.8 cm³/mol. The van der Waals surface area contributed by atoms with E-state index in [0.29, 0.717) is 26.3 Å². The zero-order valence-electron chi connectivity index (χ0n) is 13.4. The van der Waals surface area contributed by atoms with Crippen molar-refractivity contribution >= 4 is 15.9 Å². The van der Waals surface area contributed by atoms with E-state index in [2.05, 4.69) is 42.8 Å². The molecule has 0 atom stereocenters. The highest BCUT2D eigenvalue weighted by Crippen LogP contribution is 2.38. The van der Waals surface area contributed by atoms with Crippen LogP contribution in [0.25, 0.3) is 0 Å². The molecule has 7 nitrogen and oxygen atoms in total. The van der Waals surface area contributed by atoms with E-state index >= 15 is 0 Å². The molecule has 1 aromatic heterocycles. The average Bonchev–Trinajstić information content (AvgIpc) is 3.32. The molecular formula is C16H20BrN5O2. The van der Waals surface area contributed by atoms with Crippen LogP contribution in [0.5, 0.6) is 11.5 Å². The summed E-state index contributed by atoms with van der Waals surface area (Å²) in [5, 5.41) is 15.4. The first-order chi connectivity index (χ1) is 11.8. The number of nitrogens with zero attached hydrogens (tertiary/aromatic N) is 4. The highest BCUT2D eigenvalue weighted by atomic mass is 79.9. The molecule has 0 saturated heterocycles. The van der Waals surface area contributed by atoms with Crippen molar-refractivity contribution < 1.29 is 9.47 Å². The van der Waals surface area contributed by atoms with Gasteiger partial charge in [0.15, 0.2) is 17.3 Å². The summed E-state index contributed by atoms with van der Waals surface area (Å²) in [6, 6.07) is 4.10. The van der Waals surface area contributed by atoms with Gasteiger partial charge in [0.2, 0.25) is 0 Å². The van der Waals surface area contributed by atoms with Gasteiger partial charge in [-0.25, -0.2) is 4.68 Å². The Morgan fingerprint density at radius 3 is 2.96 bits per heavy atom. The lowest BCUT2D eigenvalue weighted by Gasteiger charge is -2.12. The molecule has 0 radical (unpaired) electrons. The number of halogens is 1. The van der Waals surface area contributed by atoms with Crippen molar-refractivity contribution in [2.45, 2.75) is 38.9 Å². The Labute approximate surface area is 148 Å². The van der Waals surface area contributed by atoms with Gasteiger partial charge in [0.25, 0.3) is 0 Å². The van der Waals surface area contributed by atoms with Crippen LogP contribution in [0.3, 0.4) is 0 Å². The molecular weight excluding hydrogens is 374 g/mol. The standard InChI is InChI=1S/C16H20BrN5O2/c17-13-6-12(7-14-16(13)24-5-1-4-23-14)8-18-9-15-19-20-21-22(15)10-11-2-3-11/h6-7,11,18H,1-5,8-10H2. The van der Waals surface area contributed by atoms with Crippen LogP contribution >= 0.6 is 15.9 Å². The SMILES string of the molecule is Brc1cc(CNCc2nnnn2CC2CC2)cc2c1OCCCO2. The van der Waals surface area contributed by atoms with E-state index in [1.807, 2.05) is 10.7 Å². The first kappa shape index (κ1) is 15.8. The molecule has 1 aromatic carbocycles. The van der Waals surface area contributed by atoms with Crippen LogP contribution in [-0.2, 0) is 19.6 Å². The van der Waals surface area contributed by atoms with Crippen LogP contribution in [0.4, 0.5) is 0 Å². The minimum atomic E-state index is 0.645. The Balaban J connectivity index is 1.38. The third kappa shape index (κ3) is 3.70. The summed E-state index contributed by atoms with van der Waals surface area (Å²) >= 11 is 3.57. The fraction of sp³-hybridized carbons (Fsp3) is 0.562. The molecule has 2 aliphatic rings. The maximum absolute atomic E-state index is 5.77. The summed E-state index contributed by atoms with van der Waals surface area (Å²) in [4.78, 5) is 0. The fourth-order valence-electron chi connectivity index (χ4n) is 2.74. The van der Waals surface area contributed by atoms with Gasteiger partial charge in [-0.15, -0.1) is 5.10 Å². The number of rotatable bonds is 6. The van der Waals surface area contributed by atoms with Crippen molar-refractivity contribution in [1.82, 2.24) is 25.5 Å². The summed E-state index contributed by atoms with van der Waals surface area (Å²) in [5.74, 6) is 3.24. The summed E-state index contributed by atoms with van der Waals surface area (Å²) in [6.07, 6.45) is 3.48. The second kappa shape index (κ2) is 7.06. The first-order valence-corrected chi connectivity index (χ1v) is 9.12. The van der Waals surface area contributed by atoms with Crippen LogP contribution in [0.2, 0.25) is 0 Å². The van der Waals surface area contributed by atoms with Gasteiger partial charge in [0.1, 0.15) is 0 Å². The molecule has 1 fully saturated rings. The molecule has 1 aliphatic carbocycles. The summed E-state index contributed by atoms with van der Waals surface area (Å²) in [7, 11) is 0. The lowest BCUT2D eigenvalue weighted by atomic mass is 10.2. The number of benzene rings is 1. The Hall–Kier alpha value is -1.67. The molecule has 4 rings (SSSR count). The molecule has 0 bridgehead atoms. The zero-order chi connectivity index (χ0) is 16.4. The van der Waals surface area contributed by atoms with Crippen molar-refractivity contribution in [3.8, 4) is 11.5 Å². The van der Waals surface area contributed by atoms with E-state index in [-0.39, 0.29) is 0 Å². The molecule has 0 spiro atoms. The molecule has 128 valence electrons. The highest BCUT2D eigenvalue weighted by molar-refractivity contribution is 9.10. The van der Waals surface area contributed by atoms with E-state index in [1.165, 1.54) is 12.8 Å². The maximum atomic E-state index is 5.77. The largest absolute Gasteiger partial charge is 0.490 e. The molecule has 1 saturated carbocycles. The Bertz CT molecular complexity index is 716. The number of aromatic nitrogens is 4. The number of tetrazole rings is 1.